The molecule has 7 heteroatoms. The topological polar surface area (TPSA) is 104 Å². The smallest absolute Gasteiger partial charge is 0.220 e. The molecule has 0 atom stereocenters. The van der Waals surface area contributed by atoms with Crippen LogP contribution in [0.1, 0.15) is 66.2 Å². The maximum absolute atomic E-state index is 11.7. The van der Waals surface area contributed by atoms with E-state index in [1.54, 1.807) is 0 Å². The monoisotopic (exact) mass is 369 g/mol. The maximum Gasteiger partial charge on any atom is 0.220 e. The molecule has 0 aliphatic rings. The number of carbonyl (C=O) groups is 4. The Bertz CT molecular complexity index is 462. The molecule has 3 N–H and O–H groups in total. The lowest BCUT2D eigenvalue weighted by molar-refractivity contribution is -0.126. The molecule has 0 heterocycles. The van der Waals surface area contributed by atoms with Crippen molar-refractivity contribution < 1.29 is 19.2 Å². The molecular weight excluding hydrogens is 334 g/mol. The van der Waals surface area contributed by atoms with Crippen LogP contribution in [0.4, 0.5) is 0 Å². The van der Waals surface area contributed by atoms with E-state index in [2.05, 4.69) is 16.0 Å². The number of amides is 3. The molecule has 0 aromatic rings. The molecule has 0 unspecified atom stereocenters. The summed E-state index contributed by atoms with van der Waals surface area (Å²) >= 11 is 0. The van der Waals surface area contributed by atoms with E-state index in [0.717, 1.165) is 0 Å². The van der Waals surface area contributed by atoms with Gasteiger partial charge in [-0.05, 0) is 18.8 Å². The Morgan fingerprint density at radius 3 is 1.58 bits per heavy atom. The Kier molecular flexibility index (Phi) is 13.2. The van der Waals surface area contributed by atoms with Gasteiger partial charge in [0.2, 0.25) is 17.7 Å². The van der Waals surface area contributed by atoms with Gasteiger partial charge in [-0.25, -0.2) is 0 Å². The van der Waals surface area contributed by atoms with Crippen molar-refractivity contribution in [1.82, 2.24) is 16.0 Å². The number of hydrogen-bond acceptors (Lipinski definition) is 4. The standard InChI is InChI=1S/C19H35N3O4/c1-14(2)13-22-18(25)8-6-11-20-17(24)7-5-12-21-19(26)10-9-16(23)15(3)4/h14-15H,5-13H2,1-4H3,(H,20,24)(H,21,26)(H,22,25). The van der Waals surface area contributed by atoms with Crippen LogP contribution in [-0.4, -0.2) is 43.1 Å². The molecule has 3 amide bonds. The van der Waals surface area contributed by atoms with Gasteiger partial charge < -0.3 is 16.0 Å². The highest BCUT2D eigenvalue weighted by atomic mass is 16.2. The lowest BCUT2D eigenvalue weighted by atomic mass is 10.0. The zero-order valence-electron chi connectivity index (χ0n) is 16.7. The summed E-state index contributed by atoms with van der Waals surface area (Å²) < 4.78 is 0. The molecule has 0 saturated carbocycles. The highest BCUT2D eigenvalue weighted by Crippen LogP contribution is 2.01. The summed E-state index contributed by atoms with van der Waals surface area (Å²) in [6, 6.07) is 0. The fourth-order valence-electron chi connectivity index (χ4n) is 2.06. The van der Waals surface area contributed by atoms with Gasteiger partial charge in [0.05, 0.1) is 0 Å². The van der Waals surface area contributed by atoms with Gasteiger partial charge in [-0.3, -0.25) is 19.2 Å². The molecule has 0 bridgehead atoms. The van der Waals surface area contributed by atoms with Gasteiger partial charge in [-0.1, -0.05) is 27.7 Å². The third-order valence-corrected chi connectivity index (χ3v) is 3.76. The summed E-state index contributed by atoms with van der Waals surface area (Å²) in [5, 5.41) is 8.31. The van der Waals surface area contributed by atoms with Crippen molar-refractivity contribution >= 4 is 23.5 Å². The van der Waals surface area contributed by atoms with Crippen LogP contribution in [0.5, 0.6) is 0 Å². The summed E-state index contributed by atoms with van der Waals surface area (Å²) in [5.74, 6) is 0.218. The van der Waals surface area contributed by atoms with E-state index in [0.29, 0.717) is 51.2 Å². The number of rotatable bonds is 14. The van der Waals surface area contributed by atoms with Crippen LogP contribution in [0.2, 0.25) is 0 Å². The van der Waals surface area contributed by atoms with Crippen molar-refractivity contribution in [2.75, 3.05) is 19.6 Å². The highest BCUT2D eigenvalue weighted by Gasteiger charge is 2.10. The van der Waals surface area contributed by atoms with Crippen LogP contribution in [-0.2, 0) is 19.2 Å². The lowest BCUT2D eigenvalue weighted by Gasteiger charge is -2.08. The zero-order valence-corrected chi connectivity index (χ0v) is 16.7. The molecular formula is C19H35N3O4. The largest absolute Gasteiger partial charge is 0.356 e. The van der Waals surface area contributed by atoms with E-state index in [-0.39, 0.29) is 42.3 Å². The number of ketones is 1. The Balaban J connectivity index is 3.58. The van der Waals surface area contributed by atoms with Crippen LogP contribution >= 0.6 is 0 Å². The minimum Gasteiger partial charge on any atom is -0.356 e. The Labute approximate surface area is 157 Å². The van der Waals surface area contributed by atoms with Crippen LogP contribution in [0, 0.1) is 11.8 Å². The predicted octanol–water partition coefficient (Wildman–Crippen LogP) is 1.56. The molecule has 0 rings (SSSR count). The van der Waals surface area contributed by atoms with Gasteiger partial charge in [-0.15, -0.1) is 0 Å². The van der Waals surface area contributed by atoms with Crippen molar-refractivity contribution in [3.05, 3.63) is 0 Å². The molecule has 0 saturated heterocycles. The number of hydrogen-bond donors (Lipinski definition) is 3. The lowest BCUT2D eigenvalue weighted by Crippen LogP contribution is -2.30. The predicted molar refractivity (Wildman–Crippen MR) is 101 cm³/mol. The first-order chi connectivity index (χ1) is 12.2. The van der Waals surface area contributed by atoms with Crippen molar-refractivity contribution in [2.24, 2.45) is 11.8 Å². The minimum absolute atomic E-state index is 0.00612. The first-order valence-electron chi connectivity index (χ1n) is 9.55. The summed E-state index contributed by atoms with van der Waals surface area (Å²) in [7, 11) is 0. The average Bonchev–Trinajstić information content (AvgIpc) is 2.58. The van der Waals surface area contributed by atoms with Crippen molar-refractivity contribution in [2.45, 2.75) is 66.2 Å². The van der Waals surface area contributed by atoms with Gasteiger partial charge >= 0.3 is 0 Å². The molecule has 0 spiro atoms. The minimum atomic E-state index is -0.160. The van der Waals surface area contributed by atoms with Gasteiger partial charge in [0.1, 0.15) is 5.78 Å². The van der Waals surface area contributed by atoms with E-state index < -0.39 is 0 Å². The quantitative estimate of drug-likeness (QED) is 0.404. The SMILES string of the molecule is CC(C)CNC(=O)CCCNC(=O)CCCNC(=O)CCC(=O)C(C)C. The second-order valence-corrected chi connectivity index (χ2v) is 7.23. The van der Waals surface area contributed by atoms with E-state index >= 15 is 0 Å². The van der Waals surface area contributed by atoms with Crippen LogP contribution in [0.15, 0.2) is 0 Å². The fourth-order valence-corrected chi connectivity index (χ4v) is 2.06. The first kappa shape index (κ1) is 24.1. The number of nitrogens with one attached hydrogen (secondary N) is 3. The van der Waals surface area contributed by atoms with Crippen molar-refractivity contribution in [1.29, 1.82) is 0 Å². The molecule has 0 fully saturated rings. The zero-order chi connectivity index (χ0) is 19.9. The van der Waals surface area contributed by atoms with Crippen LogP contribution < -0.4 is 16.0 Å². The third-order valence-electron chi connectivity index (χ3n) is 3.76. The summed E-state index contributed by atoms with van der Waals surface area (Å²) in [5.41, 5.74) is 0. The van der Waals surface area contributed by atoms with Crippen LogP contribution in [0.25, 0.3) is 0 Å². The number of Topliss-reactive ketones (excluding diaryl/α,β-unsaturated/α-hetero) is 1. The van der Waals surface area contributed by atoms with E-state index in [1.807, 2.05) is 27.7 Å². The van der Waals surface area contributed by atoms with Gasteiger partial charge in [0.25, 0.3) is 0 Å². The average molecular weight is 370 g/mol. The highest BCUT2D eigenvalue weighted by molar-refractivity contribution is 5.86. The molecule has 0 radical (unpaired) electrons. The molecule has 26 heavy (non-hydrogen) atoms. The van der Waals surface area contributed by atoms with Crippen molar-refractivity contribution in [3.63, 3.8) is 0 Å². The van der Waals surface area contributed by atoms with Crippen molar-refractivity contribution in [3.8, 4) is 0 Å². The Morgan fingerprint density at radius 1 is 0.654 bits per heavy atom. The molecule has 0 aromatic heterocycles. The first-order valence-corrected chi connectivity index (χ1v) is 9.55. The summed E-state index contributed by atoms with van der Waals surface area (Å²) in [4.78, 5) is 46.2. The maximum atomic E-state index is 11.7. The summed E-state index contributed by atoms with van der Waals surface area (Å²) in [6.07, 6.45) is 2.33. The van der Waals surface area contributed by atoms with Gasteiger partial charge in [0, 0.05) is 51.2 Å². The molecule has 150 valence electrons. The summed E-state index contributed by atoms with van der Waals surface area (Å²) in [6.45, 7) is 9.26. The van der Waals surface area contributed by atoms with Gasteiger partial charge in [-0.2, -0.15) is 0 Å². The third kappa shape index (κ3) is 14.4. The van der Waals surface area contributed by atoms with Crippen LogP contribution in [0.3, 0.4) is 0 Å². The van der Waals surface area contributed by atoms with E-state index in [1.165, 1.54) is 0 Å². The van der Waals surface area contributed by atoms with E-state index in [9.17, 15) is 19.2 Å². The molecule has 7 nitrogen and oxygen atoms in total. The van der Waals surface area contributed by atoms with Gasteiger partial charge in [0.15, 0.2) is 0 Å². The second-order valence-electron chi connectivity index (χ2n) is 7.23. The Hall–Kier alpha value is -1.92. The second kappa shape index (κ2) is 14.3. The Morgan fingerprint density at radius 2 is 1.12 bits per heavy atom. The molecule has 0 aliphatic carbocycles. The van der Waals surface area contributed by atoms with E-state index in [4.69, 9.17) is 0 Å². The molecule has 0 aromatic carbocycles. The fraction of sp³-hybridized carbons (Fsp3) is 0.789. The normalized spacial score (nSPS) is 10.7. The number of carbonyl (C=O) groups excluding carboxylic acids is 4. The molecule has 0 aliphatic heterocycles.